The zero-order chi connectivity index (χ0) is 11.5. The van der Waals surface area contributed by atoms with Gasteiger partial charge >= 0.3 is 0 Å². The normalized spacial score (nSPS) is 21.1. The predicted octanol–water partition coefficient (Wildman–Crippen LogP) is 1.85. The van der Waals surface area contributed by atoms with E-state index in [4.69, 9.17) is 0 Å². The quantitative estimate of drug-likeness (QED) is 0.868. The molecule has 1 aromatic rings. The van der Waals surface area contributed by atoms with Crippen LogP contribution in [-0.2, 0) is 11.3 Å². The predicted molar refractivity (Wildman–Crippen MR) is 66.4 cm³/mol. The lowest BCUT2D eigenvalue weighted by Gasteiger charge is -2.17. The number of carbonyl (C=O) groups is 1. The van der Waals surface area contributed by atoms with Crippen LogP contribution < -0.4 is 5.32 Å². The molecule has 1 N–H and O–H groups in total. The average Bonchev–Trinajstić information content (AvgIpc) is 2.82. The van der Waals surface area contributed by atoms with Crippen molar-refractivity contribution in [2.24, 2.45) is 0 Å². The molecule has 0 spiro atoms. The van der Waals surface area contributed by atoms with Crippen LogP contribution in [0.15, 0.2) is 17.5 Å². The Kier molecular flexibility index (Phi) is 3.61. The van der Waals surface area contributed by atoms with Gasteiger partial charge in [0, 0.05) is 17.5 Å². The maximum atomic E-state index is 12.0. The molecule has 3 nitrogen and oxygen atoms in total. The van der Waals surface area contributed by atoms with Crippen molar-refractivity contribution in [1.82, 2.24) is 10.2 Å². The Bertz CT molecular complexity index is 348. The van der Waals surface area contributed by atoms with Crippen LogP contribution in [0.3, 0.4) is 0 Å². The number of rotatable bonds is 4. The van der Waals surface area contributed by atoms with Gasteiger partial charge in [0.15, 0.2) is 0 Å². The van der Waals surface area contributed by atoms with Gasteiger partial charge in [-0.25, -0.2) is 0 Å². The highest BCUT2D eigenvalue weighted by Crippen LogP contribution is 2.18. The minimum atomic E-state index is 0.0277. The van der Waals surface area contributed by atoms with E-state index in [-0.39, 0.29) is 11.9 Å². The molecule has 0 saturated carbocycles. The zero-order valence-electron chi connectivity index (χ0n) is 9.77. The second-order valence-electron chi connectivity index (χ2n) is 4.50. The van der Waals surface area contributed by atoms with E-state index in [9.17, 15) is 4.79 Å². The van der Waals surface area contributed by atoms with E-state index < -0.39 is 0 Å². The highest BCUT2D eigenvalue weighted by atomic mass is 32.1. The molecule has 1 saturated heterocycles. The number of hydrogen-bond donors (Lipinski definition) is 1. The molecule has 0 radical (unpaired) electrons. The molecule has 0 aromatic carbocycles. The molecule has 1 aliphatic rings. The maximum absolute atomic E-state index is 12.0. The summed E-state index contributed by atoms with van der Waals surface area (Å²) in [7, 11) is 0. The average molecular weight is 238 g/mol. The van der Waals surface area contributed by atoms with E-state index in [2.05, 4.69) is 30.6 Å². The minimum absolute atomic E-state index is 0.0277. The summed E-state index contributed by atoms with van der Waals surface area (Å²) in [6, 6.07) is 4.52. The second-order valence-corrected chi connectivity index (χ2v) is 5.53. The standard InChI is InChI=1S/C12H18N2OS/c1-9(2)13-11-5-6-14(12(11)15)8-10-4-3-7-16-10/h3-4,7,9,11,13H,5-6,8H2,1-2H3. The molecule has 1 atom stereocenters. The number of nitrogens with one attached hydrogen (secondary N) is 1. The van der Waals surface area contributed by atoms with Crippen molar-refractivity contribution in [2.45, 2.75) is 38.9 Å². The van der Waals surface area contributed by atoms with Crippen molar-refractivity contribution < 1.29 is 4.79 Å². The summed E-state index contributed by atoms with van der Waals surface area (Å²) in [6.07, 6.45) is 0.933. The van der Waals surface area contributed by atoms with Crippen LogP contribution in [-0.4, -0.2) is 29.4 Å². The monoisotopic (exact) mass is 238 g/mol. The third kappa shape index (κ3) is 2.62. The van der Waals surface area contributed by atoms with E-state index in [1.807, 2.05) is 11.0 Å². The van der Waals surface area contributed by atoms with Crippen LogP contribution in [0.25, 0.3) is 0 Å². The second kappa shape index (κ2) is 4.97. The summed E-state index contributed by atoms with van der Waals surface area (Å²) < 4.78 is 0. The lowest BCUT2D eigenvalue weighted by molar-refractivity contribution is -0.130. The van der Waals surface area contributed by atoms with Gasteiger partial charge in [0.2, 0.25) is 5.91 Å². The van der Waals surface area contributed by atoms with Crippen LogP contribution in [0, 0.1) is 0 Å². The van der Waals surface area contributed by atoms with E-state index >= 15 is 0 Å². The van der Waals surface area contributed by atoms with Gasteiger partial charge in [0.1, 0.15) is 0 Å². The fourth-order valence-electron chi connectivity index (χ4n) is 2.04. The first-order valence-corrected chi connectivity index (χ1v) is 6.62. The summed E-state index contributed by atoms with van der Waals surface area (Å²) in [6.45, 7) is 5.80. The molecule has 1 aromatic heterocycles. The summed E-state index contributed by atoms with van der Waals surface area (Å²) in [5.74, 6) is 0.252. The molecule has 1 unspecified atom stereocenters. The summed E-state index contributed by atoms with van der Waals surface area (Å²) in [4.78, 5) is 15.2. The van der Waals surface area contributed by atoms with Gasteiger partial charge in [-0.05, 0) is 17.9 Å². The Morgan fingerprint density at radius 1 is 1.62 bits per heavy atom. The molecule has 2 heterocycles. The Hall–Kier alpha value is -0.870. The number of amides is 1. The first-order valence-electron chi connectivity index (χ1n) is 5.74. The molecule has 1 fully saturated rings. The molecule has 4 heteroatoms. The molecule has 1 aliphatic heterocycles. The summed E-state index contributed by atoms with van der Waals surface area (Å²) in [5, 5.41) is 5.37. The molecule has 0 bridgehead atoms. The minimum Gasteiger partial charge on any atom is -0.336 e. The van der Waals surface area contributed by atoms with Crippen LogP contribution in [0.2, 0.25) is 0 Å². The van der Waals surface area contributed by atoms with Gasteiger partial charge in [-0.2, -0.15) is 0 Å². The van der Waals surface area contributed by atoms with E-state index in [0.717, 1.165) is 19.5 Å². The van der Waals surface area contributed by atoms with Gasteiger partial charge in [-0.1, -0.05) is 19.9 Å². The first-order chi connectivity index (χ1) is 7.66. The fraction of sp³-hybridized carbons (Fsp3) is 0.583. The SMILES string of the molecule is CC(C)NC1CCN(Cc2cccs2)C1=O. The molecule has 2 rings (SSSR count). The highest BCUT2D eigenvalue weighted by Gasteiger charge is 2.31. The molecule has 88 valence electrons. The number of thiophene rings is 1. The first kappa shape index (κ1) is 11.6. The van der Waals surface area contributed by atoms with Crippen LogP contribution in [0.1, 0.15) is 25.1 Å². The highest BCUT2D eigenvalue weighted by molar-refractivity contribution is 7.09. The van der Waals surface area contributed by atoms with Crippen molar-refractivity contribution >= 4 is 17.2 Å². The van der Waals surface area contributed by atoms with Crippen LogP contribution in [0.4, 0.5) is 0 Å². The Morgan fingerprint density at radius 2 is 2.44 bits per heavy atom. The van der Waals surface area contributed by atoms with Gasteiger partial charge in [-0.15, -0.1) is 11.3 Å². The smallest absolute Gasteiger partial charge is 0.240 e. The van der Waals surface area contributed by atoms with Crippen LogP contribution >= 0.6 is 11.3 Å². The number of hydrogen-bond acceptors (Lipinski definition) is 3. The van der Waals surface area contributed by atoms with Crippen LogP contribution in [0.5, 0.6) is 0 Å². The largest absolute Gasteiger partial charge is 0.336 e. The third-order valence-electron chi connectivity index (χ3n) is 2.76. The lowest BCUT2D eigenvalue weighted by Crippen LogP contribution is -2.41. The van der Waals surface area contributed by atoms with Crippen molar-refractivity contribution in [3.8, 4) is 0 Å². The Labute approximate surface area is 100 Å². The maximum Gasteiger partial charge on any atom is 0.240 e. The number of carbonyl (C=O) groups excluding carboxylic acids is 1. The van der Waals surface area contributed by atoms with Gasteiger partial charge in [-0.3, -0.25) is 4.79 Å². The van der Waals surface area contributed by atoms with E-state index in [0.29, 0.717) is 6.04 Å². The molecule has 1 amide bonds. The van der Waals surface area contributed by atoms with Crippen molar-refractivity contribution in [1.29, 1.82) is 0 Å². The zero-order valence-corrected chi connectivity index (χ0v) is 10.6. The van der Waals surface area contributed by atoms with Gasteiger partial charge in [0.05, 0.1) is 12.6 Å². The lowest BCUT2D eigenvalue weighted by atomic mass is 10.2. The summed E-state index contributed by atoms with van der Waals surface area (Å²) in [5.41, 5.74) is 0. The Morgan fingerprint density at radius 3 is 3.06 bits per heavy atom. The van der Waals surface area contributed by atoms with Gasteiger partial charge < -0.3 is 10.2 Å². The van der Waals surface area contributed by atoms with Gasteiger partial charge in [0.25, 0.3) is 0 Å². The summed E-state index contributed by atoms with van der Waals surface area (Å²) >= 11 is 1.71. The van der Waals surface area contributed by atoms with Crippen molar-refractivity contribution in [2.75, 3.05) is 6.54 Å². The number of likely N-dealkylation sites (tertiary alicyclic amines) is 1. The van der Waals surface area contributed by atoms with Crippen molar-refractivity contribution in [3.05, 3.63) is 22.4 Å². The molecule has 0 aliphatic carbocycles. The Balaban J connectivity index is 1.92. The van der Waals surface area contributed by atoms with Crippen molar-refractivity contribution in [3.63, 3.8) is 0 Å². The van der Waals surface area contributed by atoms with E-state index in [1.165, 1.54) is 4.88 Å². The van der Waals surface area contributed by atoms with E-state index in [1.54, 1.807) is 11.3 Å². The fourth-order valence-corrected chi connectivity index (χ4v) is 2.76. The number of nitrogens with zero attached hydrogens (tertiary/aromatic N) is 1. The molecule has 16 heavy (non-hydrogen) atoms. The topological polar surface area (TPSA) is 32.3 Å². The third-order valence-corrected chi connectivity index (χ3v) is 3.62. The molecular weight excluding hydrogens is 220 g/mol. The molecular formula is C12H18N2OS.